The van der Waals surface area contributed by atoms with Gasteiger partial charge in [-0.2, -0.15) is 0 Å². The summed E-state index contributed by atoms with van der Waals surface area (Å²) in [7, 11) is 7.12. The zero-order chi connectivity index (χ0) is 39.7. The number of cyclic esters (lactones) is 1. The summed E-state index contributed by atoms with van der Waals surface area (Å²) in [5, 5.41) is 58.1. The number of hydrogen-bond acceptors (Lipinski definition) is 14. The molecule has 3 aliphatic rings. The van der Waals surface area contributed by atoms with Crippen LogP contribution in [-0.2, 0) is 33.2 Å². The number of carbonyl (C=O) groups excluding carboxylic acids is 1. The Bertz CT molecular complexity index is 1140. The van der Waals surface area contributed by atoms with Crippen molar-refractivity contribution < 1.29 is 58.7 Å². The predicted molar refractivity (Wildman–Crippen MR) is 194 cm³/mol. The molecule has 14 nitrogen and oxygen atoms in total. The summed E-state index contributed by atoms with van der Waals surface area (Å²) in [4.78, 5) is 18.0. The van der Waals surface area contributed by atoms with Crippen molar-refractivity contribution in [2.75, 3.05) is 34.8 Å². The molecule has 0 amide bonds. The van der Waals surface area contributed by atoms with Crippen LogP contribution in [-0.4, -0.2) is 166 Å². The number of esters is 1. The van der Waals surface area contributed by atoms with E-state index in [1.54, 1.807) is 41.5 Å². The minimum Gasteiger partial charge on any atom is -0.459 e. The number of methoxy groups -OCH3 is 1. The van der Waals surface area contributed by atoms with Gasteiger partial charge in [-0.25, -0.2) is 0 Å². The number of ether oxygens (including phenoxy) is 6. The average Bonchev–Trinajstić information content (AvgIpc) is 3.05. The second kappa shape index (κ2) is 17.8. The quantitative estimate of drug-likeness (QED) is 0.238. The van der Waals surface area contributed by atoms with Gasteiger partial charge in [0.05, 0.1) is 41.5 Å². The number of aliphatic hydroxyl groups excluding tert-OH is 3. The summed E-state index contributed by atoms with van der Waals surface area (Å²) in [6.07, 6.45) is -8.19. The Morgan fingerprint density at radius 2 is 1.56 bits per heavy atom. The van der Waals surface area contributed by atoms with E-state index in [2.05, 4.69) is 0 Å². The molecular formula is C38H72N2O12. The van der Waals surface area contributed by atoms with Crippen LogP contribution in [0.15, 0.2) is 0 Å². The van der Waals surface area contributed by atoms with E-state index in [1.807, 2.05) is 51.7 Å². The first-order valence-electron chi connectivity index (χ1n) is 19.1. The molecule has 306 valence electrons. The van der Waals surface area contributed by atoms with Crippen LogP contribution in [0, 0.1) is 17.8 Å². The van der Waals surface area contributed by atoms with Crippen LogP contribution in [0.3, 0.4) is 0 Å². The molecule has 0 aliphatic carbocycles. The van der Waals surface area contributed by atoms with Crippen LogP contribution >= 0.6 is 0 Å². The van der Waals surface area contributed by atoms with E-state index >= 15 is 0 Å². The lowest BCUT2D eigenvalue weighted by Gasteiger charge is -2.48. The number of aliphatic hydroxyl groups is 5. The third-order valence-corrected chi connectivity index (χ3v) is 12.2. The second-order valence-electron chi connectivity index (χ2n) is 17.2. The molecule has 0 radical (unpaired) electrons. The Hall–Kier alpha value is -1.01. The summed E-state index contributed by atoms with van der Waals surface area (Å²) >= 11 is 0. The van der Waals surface area contributed by atoms with Crippen molar-refractivity contribution in [3.63, 3.8) is 0 Å². The van der Waals surface area contributed by atoms with Gasteiger partial charge < -0.3 is 63.8 Å². The maximum atomic E-state index is 14.2. The molecule has 5 N–H and O–H groups in total. The normalized spacial score (nSPS) is 49.6. The number of rotatable bonds is 7. The standard InChI is InChI=1S/C38H72N2O12/c1-15-27-38(10,46)31(42)24(6)40(13)19-20(2)17-36(8,45)33(52-35-29(41)26(39(11)12)16-21(3)48-35)22(4)30(23(5)34(44)50-27)51-28-18-37(9,47-14)32(43)25(7)49-28/h20-33,35,41-43,45-46H,15-19H2,1-14H3/t20-,21+,22-,23+,24+,25-,26-,27+,28-,29+,30-,31+,32-,33+,35-,36-,37+,38+/m0/s1. The highest BCUT2D eigenvalue weighted by Gasteiger charge is 2.52. The predicted octanol–water partition coefficient (Wildman–Crippen LogP) is 1.90. The first-order chi connectivity index (χ1) is 23.9. The summed E-state index contributed by atoms with van der Waals surface area (Å²) in [5.41, 5.74) is -4.37. The first kappa shape index (κ1) is 45.4. The van der Waals surface area contributed by atoms with E-state index in [0.29, 0.717) is 13.0 Å². The highest BCUT2D eigenvalue weighted by atomic mass is 16.7. The van der Waals surface area contributed by atoms with Crippen molar-refractivity contribution in [1.82, 2.24) is 9.80 Å². The highest BCUT2D eigenvalue weighted by Crippen LogP contribution is 2.40. The monoisotopic (exact) mass is 749 g/mol. The summed E-state index contributed by atoms with van der Waals surface area (Å²) in [6, 6.07) is -0.808. The third-order valence-electron chi connectivity index (χ3n) is 12.2. The zero-order valence-electron chi connectivity index (χ0n) is 34.2. The molecular weight excluding hydrogens is 676 g/mol. The van der Waals surface area contributed by atoms with Crippen LogP contribution in [0.4, 0.5) is 0 Å². The fraction of sp³-hybridized carbons (Fsp3) is 0.974. The smallest absolute Gasteiger partial charge is 0.311 e. The lowest BCUT2D eigenvalue weighted by Crippen LogP contribution is -2.60. The van der Waals surface area contributed by atoms with Crippen molar-refractivity contribution in [3.8, 4) is 0 Å². The SMILES string of the molecule is CC[C@H]1OC(=O)[C@H](C)[C@@H](O[C@H]2C[C@@](C)(OC)[C@@H](O)[C@H](C)O2)[C@H](C)[C@@H](O[C@@H]2O[C@H](C)C[C@H](N(C)C)[C@H]2O)[C@@](C)(O)C[C@H](C)CN(C)[C@H](C)[C@@H](O)[C@]1(C)O. The fourth-order valence-electron chi connectivity index (χ4n) is 8.74. The van der Waals surface area contributed by atoms with E-state index in [9.17, 15) is 30.3 Å². The molecule has 3 saturated heterocycles. The molecule has 0 aromatic rings. The second-order valence-corrected chi connectivity index (χ2v) is 17.2. The number of likely N-dealkylation sites (N-methyl/N-ethyl adjacent to an activating group) is 2. The molecule has 0 aromatic heterocycles. The summed E-state index contributed by atoms with van der Waals surface area (Å²) < 4.78 is 37.5. The third kappa shape index (κ3) is 10.0. The number of carbonyl (C=O) groups is 1. The Morgan fingerprint density at radius 1 is 0.942 bits per heavy atom. The topological polar surface area (TPSA) is 180 Å². The van der Waals surface area contributed by atoms with Crippen molar-refractivity contribution in [3.05, 3.63) is 0 Å². The minimum atomic E-state index is -1.80. The molecule has 18 atom stereocenters. The van der Waals surface area contributed by atoms with Gasteiger partial charge in [-0.3, -0.25) is 4.79 Å². The van der Waals surface area contributed by atoms with Crippen LogP contribution in [0.5, 0.6) is 0 Å². The van der Waals surface area contributed by atoms with E-state index < -0.39 is 96.0 Å². The Balaban J connectivity index is 2.17. The van der Waals surface area contributed by atoms with Gasteiger partial charge in [0.15, 0.2) is 12.6 Å². The van der Waals surface area contributed by atoms with Crippen molar-refractivity contribution in [1.29, 1.82) is 0 Å². The van der Waals surface area contributed by atoms with Crippen molar-refractivity contribution in [2.45, 2.75) is 185 Å². The molecule has 0 saturated carbocycles. The van der Waals surface area contributed by atoms with Crippen LogP contribution in [0.2, 0.25) is 0 Å². The van der Waals surface area contributed by atoms with E-state index in [1.165, 1.54) is 14.0 Å². The first-order valence-corrected chi connectivity index (χ1v) is 19.1. The van der Waals surface area contributed by atoms with E-state index in [0.717, 1.165) is 0 Å². The van der Waals surface area contributed by atoms with Gasteiger partial charge >= 0.3 is 5.97 Å². The van der Waals surface area contributed by atoms with Gasteiger partial charge in [-0.15, -0.1) is 0 Å². The Morgan fingerprint density at radius 3 is 2.12 bits per heavy atom. The molecule has 0 aromatic carbocycles. The molecule has 3 rings (SSSR count). The van der Waals surface area contributed by atoms with Crippen LogP contribution in [0.1, 0.15) is 94.9 Å². The van der Waals surface area contributed by atoms with Crippen molar-refractivity contribution >= 4 is 5.97 Å². The van der Waals surface area contributed by atoms with Crippen LogP contribution in [0.25, 0.3) is 0 Å². The van der Waals surface area contributed by atoms with Gasteiger partial charge in [0.25, 0.3) is 0 Å². The largest absolute Gasteiger partial charge is 0.459 e. The summed E-state index contributed by atoms with van der Waals surface area (Å²) in [6.45, 7) is 18.0. The molecule has 0 unspecified atom stereocenters. The van der Waals surface area contributed by atoms with Gasteiger partial charge in [-0.05, 0) is 94.8 Å². The van der Waals surface area contributed by atoms with Crippen molar-refractivity contribution in [2.24, 2.45) is 17.8 Å². The summed E-state index contributed by atoms with van der Waals surface area (Å²) in [5.74, 6) is -2.58. The molecule has 3 heterocycles. The van der Waals surface area contributed by atoms with Crippen LogP contribution < -0.4 is 0 Å². The number of nitrogens with zero attached hydrogens (tertiary/aromatic N) is 2. The van der Waals surface area contributed by atoms with Gasteiger partial charge in [0.1, 0.15) is 30.0 Å². The maximum Gasteiger partial charge on any atom is 0.311 e. The molecule has 52 heavy (non-hydrogen) atoms. The van der Waals surface area contributed by atoms with Gasteiger partial charge in [-0.1, -0.05) is 20.8 Å². The minimum absolute atomic E-state index is 0.133. The lowest BCUT2D eigenvalue weighted by atomic mass is 9.77. The highest BCUT2D eigenvalue weighted by molar-refractivity contribution is 5.73. The van der Waals surface area contributed by atoms with Gasteiger partial charge in [0.2, 0.25) is 0 Å². The molecule has 3 fully saturated rings. The average molecular weight is 749 g/mol. The van der Waals surface area contributed by atoms with E-state index in [4.69, 9.17) is 28.4 Å². The molecule has 0 bridgehead atoms. The molecule has 14 heteroatoms. The Kier molecular flexibility index (Phi) is 15.6. The van der Waals surface area contributed by atoms with E-state index in [-0.39, 0.29) is 37.3 Å². The fourth-order valence-corrected chi connectivity index (χ4v) is 8.74. The molecule has 0 spiro atoms. The number of hydrogen-bond donors (Lipinski definition) is 5. The lowest BCUT2D eigenvalue weighted by molar-refractivity contribution is -0.318. The maximum absolute atomic E-state index is 14.2. The Labute approximate surface area is 312 Å². The van der Waals surface area contributed by atoms with Gasteiger partial charge in [0, 0.05) is 38.1 Å². The molecule has 3 aliphatic heterocycles. The zero-order valence-corrected chi connectivity index (χ0v) is 34.2.